The Morgan fingerprint density at radius 1 is 0.326 bits per heavy atom. The van der Waals surface area contributed by atoms with Gasteiger partial charge in [-0.2, -0.15) is 0 Å². The van der Waals surface area contributed by atoms with E-state index in [-0.39, 0.29) is 38.6 Å². The predicted octanol–water partition coefficient (Wildman–Crippen LogP) is 27.7. The van der Waals surface area contributed by atoms with Crippen LogP contribution in [0.2, 0.25) is 0 Å². The first kappa shape index (κ1) is 92.2. The van der Waals surface area contributed by atoms with Gasteiger partial charge in [0, 0.05) is 19.4 Å². The predicted molar refractivity (Wildman–Crippen MR) is 413 cm³/mol. The summed E-state index contributed by atoms with van der Waals surface area (Å²) in [6.07, 6.45) is 109. The third-order valence-corrected chi connectivity index (χ3v) is 19.2. The van der Waals surface area contributed by atoms with Gasteiger partial charge in [-0.15, -0.1) is 0 Å². The van der Waals surface area contributed by atoms with Gasteiger partial charge in [0.25, 0.3) is 0 Å². The molecule has 0 fully saturated rings. The van der Waals surface area contributed by atoms with Crippen molar-refractivity contribution < 1.29 is 37.6 Å². The molecule has 0 aliphatic heterocycles. The second-order valence-corrected chi connectivity index (χ2v) is 29.1. The molecule has 2 atom stereocenters. The van der Waals surface area contributed by atoms with Gasteiger partial charge >= 0.3 is 19.8 Å². The second kappa shape index (κ2) is 80.2. The molecule has 2 unspecified atom stereocenters. The molecule has 0 amide bonds. The van der Waals surface area contributed by atoms with Crippen LogP contribution in [0.3, 0.4) is 0 Å². The summed E-state index contributed by atoms with van der Waals surface area (Å²) in [5.74, 6) is -0.808. The number of nitrogens with two attached hydrogens (primary N) is 1. The normalized spacial score (nSPS) is 13.3. The lowest BCUT2D eigenvalue weighted by molar-refractivity contribution is -0.161. The quantitative estimate of drug-likeness (QED) is 0.0264. The maximum absolute atomic E-state index is 12.8. The Morgan fingerprint density at radius 3 is 0.863 bits per heavy atom. The molecule has 0 rings (SSSR count). The molecule has 0 heterocycles. The summed E-state index contributed by atoms with van der Waals surface area (Å²) in [5, 5.41) is 0. The summed E-state index contributed by atoms with van der Waals surface area (Å²) >= 11 is 0. The molecule has 0 bridgehead atoms. The lowest BCUT2D eigenvalue weighted by Gasteiger charge is -2.19. The van der Waals surface area contributed by atoms with Crippen LogP contribution >= 0.6 is 7.82 Å². The van der Waals surface area contributed by atoms with E-state index in [0.29, 0.717) is 6.42 Å². The first-order valence-electron chi connectivity index (χ1n) is 41.1. The number of allylic oxidation sites excluding steroid dienone is 14. The minimum atomic E-state index is -4.40. The summed E-state index contributed by atoms with van der Waals surface area (Å²) < 4.78 is 33.3. The zero-order valence-electron chi connectivity index (χ0n) is 62.7. The van der Waals surface area contributed by atoms with Gasteiger partial charge in [-0.25, -0.2) is 4.57 Å². The minimum absolute atomic E-state index is 0.0538. The molecule has 0 aliphatic carbocycles. The molecule has 0 saturated carbocycles. The number of carbonyl (C=O) groups is 2. The molecule has 95 heavy (non-hydrogen) atoms. The summed E-state index contributed by atoms with van der Waals surface area (Å²) in [6.45, 7) is 3.68. The van der Waals surface area contributed by atoms with Crippen molar-refractivity contribution in [2.24, 2.45) is 5.73 Å². The van der Waals surface area contributed by atoms with Crippen molar-refractivity contribution in [1.29, 1.82) is 0 Å². The van der Waals surface area contributed by atoms with Crippen LogP contribution in [0.1, 0.15) is 412 Å². The fraction of sp³-hybridized carbons (Fsp3) is 0.812. The highest BCUT2D eigenvalue weighted by Gasteiger charge is 2.26. The fourth-order valence-corrected chi connectivity index (χ4v) is 13.0. The fourth-order valence-electron chi connectivity index (χ4n) is 12.2. The molecular formula is C85H156NO8P. The van der Waals surface area contributed by atoms with Crippen LogP contribution in [0, 0.1) is 0 Å². The van der Waals surface area contributed by atoms with E-state index >= 15 is 0 Å². The van der Waals surface area contributed by atoms with Crippen LogP contribution < -0.4 is 5.73 Å². The number of hydrogen-bond donors (Lipinski definition) is 2. The summed E-state index contributed by atoms with van der Waals surface area (Å²) in [7, 11) is -4.40. The van der Waals surface area contributed by atoms with Crippen molar-refractivity contribution in [2.75, 3.05) is 26.4 Å². The first-order valence-corrected chi connectivity index (χ1v) is 42.6. The van der Waals surface area contributed by atoms with Gasteiger partial charge in [0.2, 0.25) is 0 Å². The van der Waals surface area contributed by atoms with E-state index in [1.165, 1.54) is 302 Å². The molecule has 0 aromatic rings. The maximum atomic E-state index is 12.8. The topological polar surface area (TPSA) is 134 Å². The van der Waals surface area contributed by atoms with Gasteiger partial charge in [-0.05, 0) is 89.9 Å². The lowest BCUT2D eigenvalue weighted by Crippen LogP contribution is -2.29. The zero-order chi connectivity index (χ0) is 68.6. The maximum Gasteiger partial charge on any atom is 0.472 e. The molecule has 0 aromatic heterocycles. The molecular weight excluding hydrogens is 1190 g/mol. The van der Waals surface area contributed by atoms with E-state index in [1.54, 1.807) is 0 Å². The Kier molecular flexibility index (Phi) is 77.8. The van der Waals surface area contributed by atoms with E-state index in [1.807, 2.05) is 0 Å². The van der Waals surface area contributed by atoms with Crippen LogP contribution in [0.5, 0.6) is 0 Å². The van der Waals surface area contributed by atoms with Crippen molar-refractivity contribution in [3.05, 3.63) is 85.1 Å². The van der Waals surface area contributed by atoms with E-state index in [2.05, 4.69) is 98.9 Å². The van der Waals surface area contributed by atoms with Crippen molar-refractivity contribution in [3.63, 3.8) is 0 Å². The molecule has 554 valence electrons. The highest BCUT2D eigenvalue weighted by Crippen LogP contribution is 2.43. The largest absolute Gasteiger partial charge is 0.472 e. The van der Waals surface area contributed by atoms with Gasteiger partial charge in [-0.3, -0.25) is 18.6 Å². The Morgan fingerprint density at radius 2 is 0.579 bits per heavy atom. The van der Waals surface area contributed by atoms with Gasteiger partial charge in [0.05, 0.1) is 13.2 Å². The van der Waals surface area contributed by atoms with Crippen LogP contribution in [-0.2, 0) is 32.7 Å². The average molecular weight is 1350 g/mol. The molecule has 10 heteroatoms. The van der Waals surface area contributed by atoms with Crippen molar-refractivity contribution in [1.82, 2.24) is 0 Å². The average Bonchev–Trinajstić information content (AvgIpc) is 3.25. The molecule has 0 spiro atoms. The van der Waals surface area contributed by atoms with E-state index in [9.17, 15) is 19.0 Å². The Balaban J connectivity index is 3.74. The highest BCUT2D eigenvalue weighted by atomic mass is 31.2. The summed E-state index contributed by atoms with van der Waals surface area (Å²) in [6, 6.07) is 0. The van der Waals surface area contributed by atoms with Gasteiger partial charge < -0.3 is 20.1 Å². The van der Waals surface area contributed by atoms with Crippen molar-refractivity contribution in [2.45, 2.75) is 418 Å². The van der Waals surface area contributed by atoms with Crippen LogP contribution in [0.4, 0.5) is 0 Å². The van der Waals surface area contributed by atoms with Gasteiger partial charge in [0.15, 0.2) is 6.10 Å². The lowest BCUT2D eigenvalue weighted by atomic mass is 10.0. The monoisotopic (exact) mass is 1350 g/mol. The Hall–Kier alpha value is -2.81. The SMILES string of the molecule is CC/C=C\C/C=C\C/C=C\C/C=C\C/C=C\CCCCCCCCCCCCCCCCCCCC(=O)OC(COC(=O)CCCCCCCCCCCCCCCCCCCCCCCCCCCCCCC/C=C\C/C=C\CCCCCCC)COP(=O)(O)OCCN. The molecule has 9 nitrogen and oxygen atoms in total. The standard InChI is InChI=1S/C85H156NO8P/c1-3-5-7-9-11-13-15-17-19-21-23-25-27-29-31-33-35-37-38-39-40-41-42-43-44-46-47-49-51-53-55-57-59-61-63-65-67-69-71-73-75-77-84(87)91-81-83(82-93-95(89,90)92-80-79-86)94-85(88)78-76-74-72-70-68-66-64-62-60-58-56-54-52-50-48-45-36-34-32-30-28-26-24-22-20-18-16-14-12-10-8-6-4-2/h6,8,12,14-15,17-18,20-21,23-24,26,30,32,83H,3-5,7,9-11,13,16,19,22,25,27-29,31,33-82,86H2,1-2H3,(H,89,90)/b8-6-,14-12-,17-15-,20-18-,23-21-,26-24-,32-30-. The van der Waals surface area contributed by atoms with Crippen molar-refractivity contribution in [3.8, 4) is 0 Å². The molecule has 0 saturated heterocycles. The zero-order valence-corrected chi connectivity index (χ0v) is 63.6. The number of phosphoric ester groups is 1. The molecule has 3 N–H and O–H groups in total. The van der Waals surface area contributed by atoms with Crippen molar-refractivity contribution >= 4 is 19.8 Å². The number of phosphoric acid groups is 1. The first-order chi connectivity index (χ1) is 46.8. The molecule has 0 aliphatic rings. The summed E-state index contributed by atoms with van der Waals surface area (Å²) in [4.78, 5) is 35.5. The van der Waals surface area contributed by atoms with Crippen LogP contribution in [-0.4, -0.2) is 49.3 Å². The van der Waals surface area contributed by atoms with Gasteiger partial charge in [-0.1, -0.05) is 394 Å². The number of carbonyl (C=O) groups excluding carboxylic acids is 2. The second-order valence-electron chi connectivity index (χ2n) is 27.6. The van der Waals surface area contributed by atoms with E-state index in [0.717, 1.165) is 77.0 Å². The van der Waals surface area contributed by atoms with Gasteiger partial charge in [0.1, 0.15) is 6.61 Å². The Labute approximate surface area is 589 Å². The highest BCUT2D eigenvalue weighted by molar-refractivity contribution is 7.47. The van der Waals surface area contributed by atoms with Crippen LogP contribution in [0.25, 0.3) is 0 Å². The summed E-state index contributed by atoms with van der Waals surface area (Å²) in [5.41, 5.74) is 5.42. The molecule has 0 radical (unpaired) electrons. The smallest absolute Gasteiger partial charge is 0.462 e. The van der Waals surface area contributed by atoms with E-state index < -0.39 is 26.5 Å². The minimum Gasteiger partial charge on any atom is -0.462 e. The molecule has 0 aromatic carbocycles. The number of ether oxygens (including phenoxy) is 2. The van der Waals surface area contributed by atoms with Crippen LogP contribution in [0.15, 0.2) is 85.1 Å². The Bertz CT molecular complexity index is 1840. The third-order valence-electron chi connectivity index (χ3n) is 18.3. The number of rotatable bonds is 78. The number of unbranched alkanes of at least 4 members (excludes halogenated alkanes) is 51. The third kappa shape index (κ3) is 80.1. The number of esters is 2. The van der Waals surface area contributed by atoms with E-state index in [4.69, 9.17) is 24.3 Å². The number of hydrogen-bond acceptors (Lipinski definition) is 8.